The number of thiazole rings is 1. The molecule has 27 heavy (non-hydrogen) atoms. The molecule has 1 atom stereocenters. The van der Waals surface area contributed by atoms with E-state index in [0.717, 1.165) is 67.9 Å². The Morgan fingerprint density at radius 2 is 2.07 bits per heavy atom. The number of hydrogen-bond acceptors (Lipinski definition) is 6. The van der Waals surface area contributed by atoms with Gasteiger partial charge in [0.25, 0.3) is 5.91 Å². The molecule has 142 valence electrons. The molecule has 0 saturated carbocycles. The molecule has 0 spiro atoms. The molecule has 1 N–H and O–H groups in total. The summed E-state index contributed by atoms with van der Waals surface area (Å²) in [7, 11) is 0. The fourth-order valence-electron chi connectivity index (χ4n) is 4.15. The first-order valence-corrected chi connectivity index (χ1v) is 10.5. The van der Waals surface area contributed by atoms with E-state index < -0.39 is 0 Å². The van der Waals surface area contributed by atoms with E-state index in [2.05, 4.69) is 45.2 Å². The van der Waals surface area contributed by atoms with Crippen molar-refractivity contribution in [2.24, 2.45) is 0 Å². The van der Waals surface area contributed by atoms with Crippen LogP contribution >= 0.6 is 11.3 Å². The zero-order chi connectivity index (χ0) is 18.4. The lowest BCUT2D eigenvalue weighted by Gasteiger charge is -2.38. The average molecular weight is 385 g/mol. The maximum absolute atomic E-state index is 12.0. The first-order chi connectivity index (χ1) is 13.2. The number of hydrogen-bond donors (Lipinski definition) is 1. The lowest BCUT2D eigenvalue weighted by molar-refractivity contribution is 0.0942. The van der Waals surface area contributed by atoms with Gasteiger partial charge in [-0.05, 0) is 24.1 Å². The molecule has 6 nitrogen and oxygen atoms in total. The fourth-order valence-corrected chi connectivity index (χ4v) is 5.26. The van der Waals surface area contributed by atoms with E-state index in [1.54, 1.807) is 11.3 Å². The van der Waals surface area contributed by atoms with Crippen LogP contribution in [-0.4, -0.2) is 55.1 Å². The van der Waals surface area contributed by atoms with Crippen LogP contribution in [0.5, 0.6) is 5.75 Å². The number of ether oxygens (including phenoxy) is 1. The molecule has 1 amide bonds. The van der Waals surface area contributed by atoms with Crippen molar-refractivity contribution in [1.82, 2.24) is 15.2 Å². The van der Waals surface area contributed by atoms with Gasteiger partial charge in [-0.15, -0.1) is 11.3 Å². The predicted octanol–water partition coefficient (Wildman–Crippen LogP) is 2.25. The molecule has 1 saturated heterocycles. The minimum Gasteiger partial charge on any atom is -0.493 e. The number of fused-ring (bicyclic) bond motifs is 2. The smallest absolute Gasteiger partial charge is 0.271 e. The summed E-state index contributed by atoms with van der Waals surface area (Å²) >= 11 is 1.68. The number of carbonyl (C=O) groups is 1. The Bertz CT molecular complexity index is 873. The normalized spacial score (nSPS) is 20.6. The third-order valence-electron chi connectivity index (χ3n) is 5.87. The molecule has 1 aromatic heterocycles. The van der Waals surface area contributed by atoms with Gasteiger partial charge in [0.05, 0.1) is 6.61 Å². The molecule has 0 aliphatic carbocycles. The van der Waals surface area contributed by atoms with Gasteiger partial charge in [-0.3, -0.25) is 9.69 Å². The van der Waals surface area contributed by atoms with E-state index in [-0.39, 0.29) is 5.91 Å². The van der Waals surface area contributed by atoms with Crippen LogP contribution in [0.4, 0.5) is 5.13 Å². The maximum atomic E-state index is 12.0. The van der Waals surface area contributed by atoms with Gasteiger partial charge in [-0.2, -0.15) is 0 Å². The van der Waals surface area contributed by atoms with Crippen LogP contribution in [0, 0.1) is 0 Å². The Kier molecular flexibility index (Phi) is 4.28. The second-order valence-corrected chi connectivity index (χ2v) is 8.50. The van der Waals surface area contributed by atoms with Crippen LogP contribution in [-0.2, 0) is 12.8 Å². The maximum Gasteiger partial charge on any atom is 0.271 e. The Morgan fingerprint density at radius 3 is 2.89 bits per heavy atom. The van der Waals surface area contributed by atoms with Crippen molar-refractivity contribution in [3.8, 4) is 5.75 Å². The average Bonchev–Trinajstić information content (AvgIpc) is 3.34. The van der Waals surface area contributed by atoms with Crippen molar-refractivity contribution in [2.45, 2.75) is 25.8 Å². The van der Waals surface area contributed by atoms with Gasteiger partial charge < -0.3 is 15.0 Å². The van der Waals surface area contributed by atoms with E-state index in [1.165, 1.54) is 11.1 Å². The summed E-state index contributed by atoms with van der Waals surface area (Å²) in [6, 6.07) is 7.05. The molecule has 2 aromatic rings. The highest BCUT2D eigenvalue weighted by Crippen LogP contribution is 2.33. The summed E-state index contributed by atoms with van der Waals surface area (Å²) in [5.74, 6) is 1.04. The highest BCUT2D eigenvalue weighted by atomic mass is 32.1. The molecule has 5 rings (SSSR count). The SMILES string of the molecule is CC(c1ccc2c(c1)OCC2)N1CCN(c2nc3c(s2)CCNC3=O)CC1. The van der Waals surface area contributed by atoms with Gasteiger partial charge in [0, 0.05) is 56.5 Å². The number of anilines is 1. The van der Waals surface area contributed by atoms with Gasteiger partial charge >= 0.3 is 0 Å². The third-order valence-corrected chi connectivity index (χ3v) is 7.05. The molecular formula is C20H24N4O2S. The van der Waals surface area contributed by atoms with Crippen molar-refractivity contribution in [2.75, 3.05) is 44.2 Å². The summed E-state index contributed by atoms with van der Waals surface area (Å²) in [4.78, 5) is 22.6. The Hall–Kier alpha value is -2.12. The van der Waals surface area contributed by atoms with Gasteiger partial charge in [-0.1, -0.05) is 12.1 Å². The van der Waals surface area contributed by atoms with Crippen LogP contribution in [0.2, 0.25) is 0 Å². The van der Waals surface area contributed by atoms with Crippen LogP contribution in [0.3, 0.4) is 0 Å². The molecule has 3 aliphatic rings. The second-order valence-electron chi connectivity index (χ2n) is 7.44. The summed E-state index contributed by atoms with van der Waals surface area (Å²) in [6.07, 6.45) is 1.93. The monoisotopic (exact) mass is 384 g/mol. The molecular weight excluding hydrogens is 360 g/mol. The third kappa shape index (κ3) is 3.08. The predicted molar refractivity (Wildman–Crippen MR) is 106 cm³/mol. The van der Waals surface area contributed by atoms with Crippen LogP contribution in [0.1, 0.15) is 39.5 Å². The Morgan fingerprint density at radius 1 is 1.22 bits per heavy atom. The van der Waals surface area contributed by atoms with Gasteiger partial charge in [0.1, 0.15) is 11.4 Å². The van der Waals surface area contributed by atoms with Crippen molar-refractivity contribution in [1.29, 1.82) is 0 Å². The minimum absolute atomic E-state index is 0.0233. The standard InChI is InChI=1S/C20H24N4O2S/c1-13(15-3-2-14-5-11-26-16(14)12-15)23-7-9-24(10-8-23)20-22-18-17(27-20)4-6-21-19(18)25/h2-3,12-13H,4-11H2,1H3,(H,21,25). The van der Waals surface area contributed by atoms with Crippen LogP contribution < -0.4 is 15.0 Å². The van der Waals surface area contributed by atoms with Crippen LogP contribution in [0.15, 0.2) is 18.2 Å². The Labute approximate surface area is 163 Å². The first kappa shape index (κ1) is 17.0. The molecule has 4 heterocycles. The number of piperazine rings is 1. The van der Waals surface area contributed by atoms with E-state index in [1.807, 2.05) is 0 Å². The second kappa shape index (κ2) is 6.80. The fraction of sp³-hybridized carbons (Fsp3) is 0.500. The number of amides is 1. The van der Waals surface area contributed by atoms with E-state index in [0.29, 0.717) is 11.7 Å². The molecule has 0 radical (unpaired) electrons. The lowest BCUT2D eigenvalue weighted by Crippen LogP contribution is -2.47. The highest BCUT2D eigenvalue weighted by Gasteiger charge is 2.28. The number of benzene rings is 1. The number of aromatic nitrogens is 1. The van der Waals surface area contributed by atoms with Crippen molar-refractivity contribution in [3.63, 3.8) is 0 Å². The zero-order valence-corrected chi connectivity index (χ0v) is 16.3. The summed E-state index contributed by atoms with van der Waals surface area (Å²) < 4.78 is 5.73. The van der Waals surface area contributed by atoms with Crippen LogP contribution in [0.25, 0.3) is 0 Å². The molecule has 3 aliphatic heterocycles. The molecule has 1 unspecified atom stereocenters. The highest BCUT2D eigenvalue weighted by molar-refractivity contribution is 7.16. The van der Waals surface area contributed by atoms with Crippen molar-refractivity contribution < 1.29 is 9.53 Å². The largest absolute Gasteiger partial charge is 0.493 e. The summed E-state index contributed by atoms with van der Waals surface area (Å²) in [6.45, 7) is 7.69. The zero-order valence-electron chi connectivity index (χ0n) is 15.5. The van der Waals surface area contributed by atoms with E-state index in [9.17, 15) is 4.79 Å². The number of nitrogens with zero attached hydrogens (tertiary/aromatic N) is 3. The van der Waals surface area contributed by atoms with Crippen molar-refractivity contribution in [3.05, 3.63) is 39.9 Å². The topological polar surface area (TPSA) is 57.7 Å². The number of rotatable bonds is 3. The van der Waals surface area contributed by atoms with Gasteiger partial charge in [0.2, 0.25) is 0 Å². The van der Waals surface area contributed by atoms with Gasteiger partial charge in [0.15, 0.2) is 5.13 Å². The minimum atomic E-state index is -0.0233. The molecule has 7 heteroatoms. The van der Waals surface area contributed by atoms with E-state index >= 15 is 0 Å². The first-order valence-electron chi connectivity index (χ1n) is 9.71. The van der Waals surface area contributed by atoms with Crippen molar-refractivity contribution >= 4 is 22.4 Å². The molecule has 1 fully saturated rings. The summed E-state index contributed by atoms with van der Waals surface area (Å²) in [5.41, 5.74) is 3.29. The van der Waals surface area contributed by atoms with E-state index in [4.69, 9.17) is 4.74 Å². The lowest BCUT2D eigenvalue weighted by atomic mass is 10.0. The van der Waals surface area contributed by atoms with Gasteiger partial charge in [-0.25, -0.2) is 4.98 Å². The Balaban J connectivity index is 1.26. The quantitative estimate of drug-likeness (QED) is 0.880. The summed E-state index contributed by atoms with van der Waals surface area (Å²) in [5, 5.41) is 3.88. The molecule has 1 aromatic carbocycles. The number of carbonyl (C=O) groups excluding carboxylic acids is 1. The molecule has 0 bridgehead atoms. The number of nitrogens with one attached hydrogen (secondary N) is 1.